The van der Waals surface area contributed by atoms with Crippen molar-refractivity contribution in [3.8, 4) is 5.75 Å². The van der Waals surface area contributed by atoms with Gasteiger partial charge in [-0.2, -0.15) is 0 Å². The summed E-state index contributed by atoms with van der Waals surface area (Å²) in [6.07, 6.45) is 2.32. The lowest BCUT2D eigenvalue weighted by atomic mass is 9.78. The van der Waals surface area contributed by atoms with Gasteiger partial charge >= 0.3 is 0 Å². The number of para-hydroxylation sites is 1. The number of benzene rings is 2. The quantitative estimate of drug-likeness (QED) is 0.671. The van der Waals surface area contributed by atoms with E-state index >= 15 is 0 Å². The molecule has 25 heavy (non-hydrogen) atoms. The number of aliphatic hydroxyl groups excluding tert-OH is 1. The molecule has 2 heterocycles. The fraction of sp³-hybridized carbons (Fsp3) is 0.286. The first-order chi connectivity index (χ1) is 12.2. The second-order valence-electron chi connectivity index (χ2n) is 6.73. The Balaban J connectivity index is 1.54. The minimum atomic E-state index is -0.715. The summed E-state index contributed by atoms with van der Waals surface area (Å²) in [4.78, 5) is 15.1. The first-order valence-corrected chi connectivity index (χ1v) is 8.66. The Morgan fingerprint density at radius 1 is 1.04 bits per heavy atom. The van der Waals surface area contributed by atoms with E-state index in [2.05, 4.69) is 17.0 Å². The van der Waals surface area contributed by atoms with E-state index in [1.54, 1.807) is 6.07 Å². The van der Waals surface area contributed by atoms with Gasteiger partial charge in [0.05, 0.1) is 17.4 Å². The van der Waals surface area contributed by atoms with Crippen molar-refractivity contribution in [2.45, 2.75) is 25.0 Å². The maximum absolute atomic E-state index is 12.8. The molecule has 0 bridgehead atoms. The van der Waals surface area contributed by atoms with Crippen LogP contribution in [0.3, 0.4) is 0 Å². The third kappa shape index (κ3) is 2.83. The second kappa shape index (κ2) is 6.37. The average molecular weight is 335 g/mol. The van der Waals surface area contributed by atoms with Gasteiger partial charge in [-0.1, -0.05) is 42.5 Å². The second-order valence-corrected chi connectivity index (χ2v) is 6.73. The summed E-state index contributed by atoms with van der Waals surface area (Å²) in [5, 5.41) is 9.73. The molecular formula is C21H21NO3. The molecule has 2 aromatic rings. The predicted octanol–water partition coefficient (Wildman–Crippen LogP) is 3.74. The van der Waals surface area contributed by atoms with Crippen LogP contribution in [0.4, 0.5) is 0 Å². The molecule has 0 aliphatic carbocycles. The Morgan fingerprint density at radius 2 is 1.72 bits per heavy atom. The van der Waals surface area contributed by atoms with Gasteiger partial charge in [0.1, 0.15) is 11.4 Å². The van der Waals surface area contributed by atoms with Gasteiger partial charge < -0.3 is 9.84 Å². The molecule has 1 saturated heterocycles. The van der Waals surface area contributed by atoms with Crippen LogP contribution in [0.2, 0.25) is 0 Å². The molecule has 0 amide bonds. The molecule has 4 rings (SSSR count). The van der Waals surface area contributed by atoms with E-state index in [1.165, 1.54) is 5.56 Å². The third-order valence-electron chi connectivity index (χ3n) is 5.21. The van der Waals surface area contributed by atoms with Crippen LogP contribution in [0, 0.1) is 0 Å². The lowest BCUT2D eigenvalue weighted by Gasteiger charge is -2.44. The number of hydrogen-bond donors (Lipinski definition) is 1. The van der Waals surface area contributed by atoms with Gasteiger partial charge in [-0.05, 0) is 17.7 Å². The smallest absolute Gasteiger partial charge is 0.199 e. The summed E-state index contributed by atoms with van der Waals surface area (Å²) >= 11 is 0. The van der Waals surface area contributed by atoms with Crippen molar-refractivity contribution >= 4 is 5.78 Å². The summed E-state index contributed by atoms with van der Waals surface area (Å²) in [6, 6.07) is 17.6. The fourth-order valence-electron chi connectivity index (χ4n) is 3.82. The van der Waals surface area contributed by atoms with Crippen LogP contribution in [0.15, 0.2) is 66.4 Å². The molecule has 0 atom stereocenters. The highest BCUT2D eigenvalue weighted by Gasteiger charge is 2.47. The molecule has 0 aromatic heterocycles. The van der Waals surface area contributed by atoms with Gasteiger partial charge in [0.2, 0.25) is 0 Å². The van der Waals surface area contributed by atoms with Gasteiger partial charge in [0.15, 0.2) is 5.78 Å². The zero-order chi connectivity index (χ0) is 17.3. The van der Waals surface area contributed by atoms with Crippen molar-refractivity contribution in [3.63, 3.8) is 0 Å². The van der Waals surface area contributed by atoms with Crippen molar-refractivity contribution in [2.75, 3.05) is 13.1 Å². The summed E-state index contributed by atoms with van der Waals surface area (Å²) in [5.74, 6) is 0.496. The highest BCUT2D eigenvalue weighted by molar-refractivity contribution is 6.12. The Morgan fingerprint density at radius 3 is 2.44 bits per heavy atom. The number of piperidine rings is 1. The monoisotopic (exact) mass is 335 g/mol. The topological polar surface area (TPSA) is 49.8 Å². The molecule has 1 N–H and O–H groups in total. The average Bonchev–Trinajstić information content (AvgIpc) is 2.65. The first kappa shape index (κ1) is 15.9. The van der Waals surface area contributed by atoms with E-state index in [0.29, 0.717) is 29.7 Å². The Labute approximate surface area is 147 Å². The molecule has 2 aromatic carbocycles. The van der Waals surface area contributed by atoms with E-state index in [9.17, 15) is 9.90 Å². The molecule has 4 nitrogen and oxygen atoms in total. The van der Waals surface area contributed by atoms with Crippen LogP contribution in [0.25, 0.3) is 0 Å². The van der Waals surface area contributed by atoms with Gasteiger partial charge in [0.25, 0.3) is 0 Å². The number of fused-ring (bicyclic) bond motifs is 1. The minimum Gasteiger partial charge on any atom is -0.515 e. The summed E-state index contributed by atoms with van der Waals surface area (Å²) in [6.45, 7) is 2.53. The van der Waals surface area contributed by atoms with Gasteiger partial charge in [-0.3, -0.25) is 9.69 Å². The van der Waals surface area contributed by atoms with E-state index in [4.69, 9.17) is 4.74 Å². The van der Waals surface area contributed by atoms with Gasteiger partial charge in [-0.25, -0.2) is 0 Å². The highest BCUT2D eigenvalue weighted by atomic mass is 16.5. The zero-order valence-corrected chi connectivity index (χ0v) is 14.0. The Kier molecular flexibility index (Phi) is 4.06. The van der Waals surface area contributed by atoms with Crippen LogP contribution in [-0.2, 0) is 6.54 Å². The molecule has 4 heteroatoms. The largest absolute Gasteiger partial charge is 0.515 e. The van der Waals surface area contributed by atoms with Crippen LogP contribution in [0.5, 0.6) is 5.75 Å². The van der Waals surface area contributed by atoms with Crippen LogP contribution in [-0.4, -0.2) is 34.5 Å². The Hall–Kier alpha value is -2.59. The molecule has 1 spiro atoms. The molecule has 0 unspecified atom stereocenters. The number of ether oxygens (including phenoxy) is 1. The summed E-state index contributed by atoms with van der Waals surface area (Å²) in [5.41, 5.74) is 1.47. The standard InChI is InChI=1S/C21H21NO3/c23-15-18-20(24)17-8-4-5-9-19(17)25-21(18)10-12-22(13-11-21)14-16-6-2-1-3-7-16/h1-9,15,23H,10-14H2. The molecular weight excluding hydrogens is 314 g/mol. The number of nitrogens with zero attached hydrogens (tertiary/aromatic N) is 1. The maximum atomic E-state index is 12.8. The molecule has 0 radical (unpaired) electrons. The molecule has 2 aliphatic rings. The molecule has 1 fully saturated rings. The van der Waals surface area contributed by atoms with Gasteiger partial charge in [-0.15, -0.1) is 0 Å². The first-order valence-electron chi connectivity index (χ1n) is 8.66. The van der Waals surface area contributed by atoms with E-state index in [1.807, 2.05) is 36.4 Å². The number of aliphatic hydroxyl groups is 1. The number of likely N-dealkylation sites (tertiary alicyclic amines) is 1. The van der Waals surface area contributed by atoms with Crippen LogP contribution in [0.1, 0.15) is 28.8 Å². The molecule has 128 valence electrons. The number of hydrogen-bond acceptors (Lipinski definition) is 4. The van der Waals surface area contributed by atoms with E-state index in [0.717, 1.165) is 25.9 Å². The van der Waals surface area contributed by atoms with Crippen molar-refractivity contribution in [1.82, 2.24) is 4.90 Å². The number of Topliss-reactive ketones (excluding diaryl/α,β-unsaturated/α-hetero) is 1. The maximum Gasteiger partial charge on any atom is 0.199 e. The normalized spacial score (nSPS) is 21.1. The number of rotatable bonds is 2. The summed E-state index contributed by atoms with van der Waals surface area (Å²) in [7, 11) is 0. The Bertz CT molecular complexity index is 805. The minimum absolute atomic E-state index is 0.124. The SMILES string of the molecule is O=C1C(=CO)C2(CCN(Cc3ccccc3)CC2)Oc2ccccc21. The predicted molar refractivity (Wildman–Crippen MR) is 95.8 cm³/mol. The lowest BCUT2D eigenvalue weighted by molar-refractivity contribution is 0.0188. The fourth-order valence-corrected chi connectivity index (χ4v) is 3.82. The third-order valence-corrected chi connectivity index (χ3v) is 5.21. The van der Waals surface area contributed by atoms with Gasteiger partial charge in [0, 0.05) is 32.5 Å². The van der Waals surface area contributed by atoms with Crippen molar-refractivity contribution in [2.24, 2.45) is 0 Å². The number of ketones is 1. The lowest BCUT2D eigenvalue weighted by Crippen LogP contribution is -2.52. The van der Waals surface area contributed by atoms with Crippen LogP contribution >= 0.6 is 0 Å². The van der Waals surface area contributed by atoms with Crippen molar-refractivity contribution in [1.29, 1.82) is 0 Å². The molecule has 2 aliphatic heterocycles. The molecule has 0 saturated carbocycles. The number of carbonyl (C=O) groups is 1. The number of carbonyl (C=O) groups excluding carboxylic acids is 1. The van der Waals surface area contributed by atoms with E-state index in [-0.39, 0.29) is 5.78 Å². The van der Waals surface area contributed by atoms with Crippen LogP contribution < -0.4 is 4.74 Å². The summed E-state index contributed by atoms with van der Waals surface area (Å²) < 4.78 is 6.26. The zero-order valence-electron chi connectivity index (χ0n) is 14.0. The van der Waals surface area contributed by atoms with Crippen molar-refractivity contribution < 1.29 is 14.6 Å². The highest BCUT2D eigenvalue weighted by Crippen LogP contribution is 2.42. The van der Waals surface area contributed by atoms with E-state index < -0.39 is 5.60 Å². The van der Waals surface area contributed by atoms with Crippen molar-refractivity contribution in [3.05, 3.63) is 77.6 Å².